The van der Waals surface area contributed by atoms with Gasteiger partial charge in [-0.2, -0.15) is 0 Å². The van der Waals surface area contributed by atoms with Crippen molar-refractivity contribution >= 4 is 13.6 Å². The Kier molecular flexibility index (Phi) is 7.11. The molecule has 1 aliphatic carbocycles. The second kappa shape index (κ2) is 9.09. The van der Waals surface area contributed by atoms with Crippen LogP contribution >= 0.6 is 7.52 Å². The molecule has 0 radical (unpaired) electrons. The molecule has 1 atom stereocenters. The van der Waals surface area contributed by atoms with E-state index in [9.17, 15) is 4.57 Å². The maximum atomic E-state index is 12.8. The molecule has 1 aromatic rings. The first-order valence-electron chi connectivity index (χ1n) is 8.15. The average Bonchev–Trinajstić information content (AvgIpc) is 2.54. The maximum Gasteiger partial charge on any atom is 0.292 e. The predicted octanol–water partition coefficient (Wildman–Crippen LogP) is 5.37. The topological polar surface area (TPSA) is 38.3 Å². The van der Waals surface area contributed by atoms with Crippen molar-refractivity contribution < 1.29 is 9.09 Å². The highest BCUT2D eigenvalue weighted by molar-refractivity contribution is 7.60. The number of benzene rings is 1. The molecule has 1 unspecified atom stereocenters. The van der Waals surface area contributed by atoms with Crippen LogP contribution in [0.3, 0.4) is 0 Å². The van der Waals surface area contributed by atoms with Gasteiger partial charge in [-0.25, -0.2) is 5.09 Å². The first-order chi connectivity index (χ1) is 10.7. The summed E-state index contributed by atoms with van der Waals surface area (Å²) in [6.45, 7) is 2.33. The van der Waals surface area contributed by atoms with E-state index in [0.717, 1.165) is 18.4 Å². The van der Waals surface area contributed by atoms with Crippen LogP contribution in [0.25, 0.3) is 6.08 Å². The van der Waals surface area contributed by atoms with Gasteiger partial charge in [-0.15, -0.1) is 0 Å². The largest absolute Gasteiger partial charge is 0.315 e. The highest BCUT2D eigenvalue weighted by Gasteiger charge is 2.24. The predicted molar refractivity (Wildman–Crippen MR) is 93.9 cm³/mol. The van der Waals surface area contributed by atoms with Gasteiger partial charge in [-0.05, 0) is 25.3 Å². The third-order valence-corrected chi connectivity index (χ3v) is 5.70. The lowest BCUT2D eigenvalue weighted by Crippen LogP contribution is -2.28. The molecule has 22 heavy (non-hydrogen) atoms. The zero-order valence-electron chi connectivity index (χ0n) is 13.3. The molecule has 1 N–H and O–H groups in total. The minimum atomic E-state index is -2.89. The Morgan fingerprint density at radius 1 is 1.18 bits per heavy atom. The molecule has 120 valence electrons. The molecule has 4 heteroatoms. The molecule has 0 aliphatic heterocycles. The second-order valence-corrected chi connectivity index (χ2v) is 7.60. The van der Waals surface area contributed by atoms with Gasteiger partial charge in [0.15, 0.2) is 0 Å². The van der Waals surface area contributed by atoms with E-state index in [1.807, 2.05) is 55.5 Å². The summed E-state index contributed by atoms with van der Waals surface area (Å²) in [5.41, 5.74) is 1.12. The van der Waals surface area contributed by atoms with Gasteiger partial charge < -0.3 is 4.52 Å². The molecule has 3 nitrogen and oxygen atoms in total. The molecule has 0 saturated heterocycles. The molecule has 0 amide bonds. The lowest BCUT2D eigenvalue weighted by Gasteiger charge is -2.26. The highest BCUT2D eigenvalue weighted by atomic mass is 31.2. The van der Waals surface area contributed by atoms with E-state index in [1.54, 1.807) is 5.82 Å². The summed E-state index contributed by atoms with van der Waals surface area (Å²) in [5.74, 6) is 1.69. The van der Waals surface area contributed by atoms with E-state index in [4.69, 9.17) is 4.52 Å². The van der Waals surface area contributed by atoms with Gasteiger partial charge >= 0.3 is 0 Å². The van der Waals surface area contributed by atoms with Gasteiger partial charge in [0, 0.05) is 11.9 Å². The Morgan fingerprint density at radius 2 is 1.91 bits per heavy atom. The van der Waals surface area contributed by atoms with Crippen molar-refractivity contribution in [2.75, 3.05) is 6.61 Å². The molecule has 1 aliphatic rings. The van der Waals surface area contributed by atoms with Crippen molar-refractivity contribution in [3.05, 3.63) is 53.9 Å². The fraction of sp³-hybridized carbons (Fsp3) is 0.444. The van der Waals surface area contributed by atoms with Crippen LogP contribution in [-0.2, 0) is 9.09 Å². The minimum absolute atomic E-state index is 0.314. The number of hydrogen-bond acceptors (Lipinski definition) is 2. The second-order valence-electron chi connectivity index (χ2n) is 5.59. The Hall–Kier alpha value is -1.15. The summed E-state index contributed by atoms with van der Waals surface area (Å²) in [7, 11) is -2.89. The van der Waals surface area contributed by atoms with Crippen LogP contribution in [0, 0.1) is 0 Å². The number of allylic oxidation sites excluding steroid dienone is 2. The average molecular weight is 319 g/mol. The van der Waals surface area contributed by atoms with Crippen molar-refractivity contribution in [3.8, 4) is 0 Å². The zero-order chi connectivity index (χ0) is 15.7. The van der Waals surface area contributed by atoms with Crippen molar-refractivity contribution in [1.29, 1.82) is 0 Å². The van der Waals surface area contributed by atoms with Crippen LogP contribution in [0.2, 0.25) is 0 Å². The van der Waals surface area contributed by atoms with Crippen LogP contribution in [0.4, 0.5) is 0 Å². The molecule has 1 aromatic carbocycles. The lowest BCUT2D eigenvalue weighted by molar-refractivity contribution is 0.316. The summed E-state index contributed by atoms with van der Waals surface area (Å²) in [5, 5.41) is 3.24. The van der Waals surface area contributed by atoms with E-state index >= 15 is 0 Å². The van der Waals surface area contributed by atoms with Gasteiger partial charge in [-0.3, -0.25) is 4.57 Å². The minimum Gasteiger partial charge on any atom is -0.315 e. The molecule has 2 rings (SSSR count). The Bertz CT molecular complexity index is 533. The monoisotopic (exact) mass is 319 g/mol. The fourth-order valence-corrected chi connectivity index (χ4v) is 4.42. The third kappa shape index (κ3) is 5.92. The van der Waals surface area contributed by atoms with Gasteiger partial charge in [-0.1, -0.05) is 67.8 Å². The zero-order valence-corrected chi connectivity index (χ0v) is 14.2. The first kappa shape index (κ1) is 17.2. The number of rotatable bonds is 7. The molecule has 1 fully saturated rings. The van der Waals surface area contributed by atoms with Crippen molar-refractivity contribution in [2.24, 2.45) is 0 Å². The summed E-state index contributed by atoms with van der Waals surface area (Å²) < 4.78 is 18.3. The Labute approximate surface area is 134 Å². The van der Waals surface area contributed by atoms with Gasteiger partial charge in [0.25, 0.3) is 7.52 Å². The lowest BCUT2D eigenvalue weighted by atomic mass is 9.96. The molecule has 1 saturated carbocycles. The quantitative estimate of drug-likeness (QED) is 0.542. The van der Waals surface area contributed by atoms with Crippen LogP contribution in [0.5, 0.6) is 0 Å². The maximum absolute atomic E-state index is 12.8. The summed E-state index contributed by atoms with van der Waals surface area (Å²) in [6.07, 6.45) is 11.6. The summed E-state index contributed by atoms with van der Waals surface area (Å²) >= 11 is 0. The molecular weight excluding hydrogens is 293 g/mol. The van der Waals surface area contributed by atoms with E-state index < -0.39 is 7.52 Å². The number of nitrogens with one attached hydrogen (secondary N) is 1. The van der Waals surface area contributed by atoms with Crippen LogP contribution in [0.1, 0.15) is 44.6 Å². The Morgan fingerprint density at radius 3 is 2.59 bits per heavy atom. The van der Waals surface area contributed by atoms with Gasteiger partial charge in [0.05, 0.1) is 6.61 Å². The third-order valence-electron chi connectivity index (χ3n) is 3.77. The van der Waals surface area contributed by atoms with E-state index in [-0.39, 0.29) is 0 Å². The summed E-state index contributed by atoms with van der Waals surface area (Å²) in [6, 6.07) is 10.4. The molecule has 0 aromatic heterocycles. The standard InChI is InChI=1S/C18H26NO2P/c1-2-21-22(20,19-18-14-7-4-8-15-18)16-10-9-13-17-11-5-3-6-12-17/h3,5-6,9-13,16,18H,2,4,7-8,14-15H2,1H3,(H,19,20)/b13-9+,16-10+. The van der Waals surface area contributed by atoms with E-state index in [2.05, 4.69) is 5.09 Å². The fourth-order valence-electron chi connectivity index (χ4n) is 2.70. The van der Waals surface area contributed by atoms with Crippen molar-refractivity contribution in [3.63, 3.8) is 0 Å². The molecular formula is C18H26NO2P. The van der Waals surface area contributed by atoms with Crippen LogP contribution < -0.4 is 5.09 Å². The first-order valence-corrected chi connectivity index (χ1v) is 9.84. The SMILES string of the molecule is CCOP(=O)(/C=C/C=C/c1ccccc1)NC1CCCCC1. The van der Waals surface area contributed by atoms with Gasteiger partial charge in [0.2, 0.25) is 0 Å². The van der Waals surface area contributed by atoms with Crippen molar-refractivity contribution in [1.82, 2.24) is 5.09 Å². The number of hydrogen-bond donors (Lipinski definition) is 1. The Balaban J connectivity index is 1.95. The highest BCUT2D eigenvalue weighted by Crippen LogP contribution is 2.45. The summed E-state index contributed by atoms with van der Waals surface area (Å²) in [4.78, 5) is 0. The van der Waals surface area contributed by atoms with E-state index in [1.165, 1.54) is 19.3 Å². The molecule has 0 spiro atoms. The normalized spacial score (nSPS) is 19.7. The van der Waals surface area contributed by atoms with E-state index in [0.29, 0.717) is 12.6 Å². The van der Waals surface area contributed by atoms with Crippen LogP contribution in [0.15, 0.2) is 48.3 Å². The van der Waals surface area contributed by atoms with Crippen molar-refractivity contribution in [2.45, 2.75) is 45.1 Å². The molecule has 0 bridgehead atoms. The molecule has 0 heterocycles. The smallest absolute Gasteiger partial charge is 0.292 e. The van der Waals surface area contributed by atoms with Gasteiger partial charge in [0.1, 0.15) is 0 Å². The van der Waals surface area contributed by atoms with Crippen LogP contribution in [-0.4, -0.2) is 12.6 Å².